The normalized spacial score (nSPS) is 16.2. The maximum Gasteiger partial charge on any atom is 0.223 e. The van der Waals surface area contributed by atoms with Gasteiger partial charge in [0.1, 0.15) is 0 Å². The monoisotopic (exact) mass is 310 g/mol. The molecule has 1 fully saturated rings. The molecule has 22 heavy (non-hydrogen) atoms. The van der Waals surface area contributed by atoms with E-state index < -0.39 is 0 Å². The topological polar surface area (TPSA) is 65.5 Å². The van der Waals surface area contributed by atoms with E-state index >= 15 is 0 Å². The summed E-state index contributed by atoms with van der Waals surface area (Å²) in [4.78, 5) is 16.2. The van der Waals surface area contributed by atoms with E-state index in [0.29, 0.717) is 12.5 Å². The molecule has 5 heteroatoms. The van der Waals surface area contributed by atoms with Gasteiger partial charge in [-0.15, -0.1) is 0 Å². The molecule has 1 amide bonds. The average Bonchev–Trinajstić information content (AvgIpc) is 3.36. The molecule has 1 saturated carbocycles. The summed E-state index contributed by atoms with van der Waals surface area (Å²) in [7, 11) is 0. The van der Waals surface area contributed by atoms with Crippen LogP contribution in [-0.2, 0) is 4.79 Å². The maximum atomic E-state index is 11.5. The summed E-state index contributed by atoms with van der Waals surface area (Å²) in [6.45, 7) is 9.65. The molecular formula is C17H34N4O. The van der Waals surface area contributed by atoms with Crippen LogP contribution in [0.5, 0.6) is 0 Å². The average molecular weight is 310 g/mol. The third kappa shape index (κ3) is 8.25. The molecule has 1 aliphatic carbocycles. The highest BCUT2D eigenvalue weighted by Gasteiger charge is 2.28. The van der Waals surface area contributed by atoms with E-state index in [0.717, 1.165) is 38.4 Å². The van der Waals surface area contributed by atoms with E-state index in [4.69, 9.17) is 0 Å². The van der Waals surface area contributed by atoms with E-state index in [2.05, 4.69) is 41.7 Å². The molecule has 0 aromatic heterocycles. The van der Waals surface area contributed by atoms with Crippen molar-refractivity contribution in [1.29, 1.82) is 0 Å². The summed E-state index contributed by atoms with van der Waals surface area (Å²) in [6, 6.07) is 0. The van der Waals surface area contributed by atoms with Crippen molar-refractivity contribution in [2.24, 2.45) is 16.8 Å². The summed E-state index contributed by atoms with van der Waals surface area (Å²) < 4.78 is 0. The number of hydrogen-bond donors (Lipinski definition) is 3. The number of unbranched alkanes of at least 4 members (excludes halogenated alkanes) is 1. The van der Waals surface area contributed by atoms with Gasteiger partial charge in [-0.1, -0.05) is 33.1 Å². The Labute approximate surface area is 135 Å². The van der Waals surface area contributed by atoms with Gasteiger partial charge < -0.3 is 16.0 Å². The first kappa shape index (κ1) is 18.8. The Morgan fingerprint density at radius 3 is 2.45 bits per heavy atom. The number of rotatable bonds is 11. The third-order valence-corrected chi connectivity index (χ3v) is 4.06. The van der Waals surface area contributed by atoms with Gasteiger partial charge in [0.15, 0.2) is 5.96 Å². The van der Waals surface area contributed by atoms with Crippen molar-refractivity contribution in [2.45, 2.75) is 59.3 Å². The van der Waals surface area contributed by atoms with Gasteiger partial charge in [0.05, 0.1) is 0 Å². The fourth-order valence-corrected chi connectivity index (χ4v) is 2.34. The van der Waals surface area contributed by atoms with Gasteiger partial charge in [-0.05, 0) is 32.1 Å². The Hall–Kier alpha value is -1.26. The maximum absolute atomic E-state index is 11.5. The van der Waals surface area contributed by atoms with Crippen LogP contribution in [0, 0.1) is 11.8 Å². The zero-order chi connectivity index (χ0) is 16.2. The van der Waals surface area contributed by atoms with E-state index in [-0.39, 0.29) is 11.8 Å². The van der Waals surface area contributed by atoms with Crippen molar-refractivity contribution >= 4 is 11.9 Å². The van der Waals surface area contributed by atoms with Gasteiger partial charge >= 0.3 is 0 Å². The van der Waals surface area contributed by atoms with Crippen molar-refractivity contribution in [1.82, 2.24) is 16.0 Å². The van der Waals surface area contributed by atoms with Crippen LogP contribution in [0.25, 0.3) is 0 Å². The van der Waals surface area contributed by atoms with Crippen LogP contribution in [0.1, 0.15) is 59.3 Å². The smallest absolute Gasteiger partial charge is 0.223 e. The number of guanidine groups is 1. The van der Waals surface area contributed by atoms with Crippen molar-refractivity contribution in [3.05, 3.63) is 0 Å². The number of carbonyl (C=O) groups is 1. The molecule has 1 unspecified atom stereocenters. The van der Waals surface area contributed by atoms with Crippen LogP contribution < -0.4 is 16.0 Å². The number of hydrogen-bond acceptors (Lipinski definition) is 2. The minimum atomic E-state index is 0.203. The molecule has 0 radical (unpaired) electrons. The summed E-state index contributed by atoms with van der Waals surface area (Å²) in [5, 5.41) is 9.52. The summed E-state index contributed by atoms with van der Waals surface area (Å²) in [6.07, 6.45) is 7.08. The molecule has 0 aromatic rings. The lowest BCUT2D eigenvalue weighted by Gasteiger charge is -2.15. The zero-order valence-electron chi connectivity index (χ0n) is 14.6. The lowest BCUT2D eigenvalue weighted by Crippen LogP contribution is -2.42. The molecule has 0 aliphatic heterocycles. The molecule has 128 valence electrons. The molecule has 1 rings (SSSR count). The minimum absolute atomic E-state index is 0.203. The molecule has 0 bridgehead atoms. The standard InChI is InChI=1S/C17H34N4O/c1-4-7-8-14(5-2)13-21-17(18-6-3)20-12-11-19-16(22)15-9-10-15/h14-15H,4-13H2,1-3H3,(H,19,22)(H2,18,20,21). The van der Waals surface area contributed by atoms with Crippen molar-refractivity contribution < 1.29 is 4.79 Å². The fourth-order valence-electron chi connectivity index (χ4n) is 2.34. The van der Waals surface area contributed by atoms with E-state index in [9.17, 15) is 4.79 Å². The number of nitrogens with one attached hydrogen (secondary N) is 3. The second-order valence-corrected chi connectivity index (χ2v) is 6.13. The summed E-state index contributed by atoms with van der Waals surface area (Å²) in [5.41, 5.74) is 0. The van der Waals surface area contributed by atoms with Gasteiger partial charge in [-0.3, -0.25) is 9.79 Å². The van der Waals surface area contributed by atoms with Crippen LogP contribution in [0.2, 0.25) is 0 Å². The first-order chi connectivity index (χ1) is 10.7. The van der Waals surface area contributed by atoms with E-state index in [1.54, 1.807) is 0 Å². The Kier molecular flexibility index (Phi) is 9.67. The van der Waals surface area contributed by atoms with Gasteiger partial charge in [0, 0.05) is 32.1 Å². The second kappa shape index (κ2) is 11.3. The molecule has 0 aromatic carbocycles. The molecule has 1 atom stereocenters. The molecule has 1 aliphatic rings. The minimum Gasteiger partial charge on any atom is -0.357 e. The van der Waals surface area contributed by atoms with Crippen LogP contribution in [-0.4, -0.2) is 38.0 Å². The van der Waals surface area contributed by atoms with Crippen LogP contribution in [0.4, 0.5) is 0 Å². The first-order valence-corrected chi connectivity index (χ1v) is 9.01. The zero-order valence-corrected chi connectivity index (χ0v) is 14.6. The number of amides is 1. The largest absolute Gasteiger partial charge is 0.357 e. The second-order valence-electron chi connectivity index (χ2n) is 6.13. The predicted molar refractivity (Wildman–Crippen MR) is 93.0 cm³/mol. The Bertz CT molecular complexity index is 340. The molecule has 0 spiro atoms. The fraction of sp³-hybridized carbons (Fsp3) is 0.882. The highest BCUT2D eigenvalue weighted by Crippen LogP contribution is 2.28. The van der Waals surface area contributed by atoms with E-state index in [1.165, 1.54) is 25.7 Å². The van der Waals surface area contributed by atoms with Crippen LogP contribution in [0.15, 0.2) is 4.99 Å². The Morgan fingerprint density at radius 1 is 1.14 bits per heavy atom. The SMILES string of the molecule is CCCCC(CC)CN=C(NCC)NCCNC(=O)C1CC1. The van der Waals surface area contributed by atoms with Crippen LogP contribution in [0.3, 0.4) is 0 Å². The van der Waals surface area contributed by atoms with E-state index in [1.807, 2.05) is 0 Å². The third-order valence-electron chi connectivity index (χ3n) is 4.06. The lowest BCUT2D eigenvalue weighted by atomic mass is 10.00. The lowest BCUT2D eigenvalue weighted by molar-refractivity contribution is -0.122. The molecule has 0 heterocycles. The highest BCUT2D eigenvalue weighted by molar-refractivity contribution is 5.81. The van der Waals surface area contributed by atoms with Crippen LogP contribution >= 0.6 is 0 Å². The number of carbonyl (C=O) groups excluding carboxylic acids is 1. The molecule has 5 nitrogen and oxygen atoms in total. The summed E-state index contributed by atoms with van der Waals surface area (Å²) >= 11 is 0. The summed E-state index contributed by atoms with van der Waals surface area (Å²) in [5.74, 6) is 2.02. The molecule has 3 N–H and O–H groups in total. The number of nitrogens with zero attached hydrogens (tertiary/aromatic N) is 1. The molecular weight excluding hydrogens is 276 g/mol. The van der Waals surface area contributed by atoms with Crippen molar-refractivity contribution in [2.75, 3.05) is 26.2 Å². The van der Waals surface area contributed by atoms with Gasteiger partial charge in [0.2, 0.25) is 5.91 Å². The highest BCUT2D eigenvalue weighted by atomic mass is 16.2. The Morgan fingerprint density at radius 2 is 1.86 bits per heavy atom. The number of aliphatic imine (C=N–C) groups is 1. The molecule has 0 saturated heterocycles. The van der Waals surface area contributed by atoms with Gasteiger partial charge in [-0.25, -0.2) is 0 Å². The first-order valence-electron chi connectivity index (χ1n) is 9.01. The quantitative estimate of drug-likeness (QED) is 0.312. The predicted octanol–water partition coefficient (Wildman–Crippen LogP) is 2.28. The Balaban J connectivity index is 2.25. The van der Waals surface area contributed by atoms with Crippen molar-refractivity contribution in [3.63, 3.8) is 0 Å². The van der Waals surface area contributed by atoms with Gasteiger partial charge in [-0.2, -0.15) is 0 Å². The van der Waals surface area contributed by atoms with Crippen molar-refractivity contribution in [3.8, 4) is 0 Å². The van der Waals surface area contributed by atoms with Gasteiger partial charge in [0.25, 0.3) is 0 Å².